The molecule has 0 aliphatic rings. The lowest BCUT2D eigenvalue weighted by Gasteiger charge is -2.04. The number of nitrogen functional groups attached to an aromatic ring is 1. The zero-order chi connectivity index (χ0) is 12.3. The number of nitrogens with two attached hydrogens (primary N) is 1. The molecule has 0 saturated carbocycles. The first-order chi connectivity index (χ1) is 8.19. The van der Waals surface area contributed by atoms with Crippen LogP contribution < -0.4 is 5.73 Å². The fourth-order valence-corrected chi connectivity index (χ4v) is 2.53. The normalized spacial score (nSPS) is 9.88. The van der Waals surface area contributed by atoms with E-state index in [0.717, 1.165) is 9.79 Å². The predicted molar refractivity (Wildman–Crippen MR) is 71.1 cm³/mol. The highest BCUT2D eigenvalue weighted by Gasteiger charge is 2.02. The molecule has 4 heteroatoms. The Morgan fingerprint density at radius 2 is 1.88 bits per heavy atom. The molecule has 0 spiro atoms. The zero-order valence-electron chi connectivity index (χ0n) is 8.85. The van der Waals surface area contributed by atoms with Gasteiger partial charge in [0, 0.05) is 20.5 Å². The van der Waals surface area contributed by atoms with Crippen LogP contribution in [0.1, 0.15) is 5.56 Å². The van der Waals surface area contributed by atoms with E-state index >= 15 is 0 Å². The van der Waals surface area contributed by atoms with Gasteiger partial charge in [0.05, 0.1) is 5.56 Å². The van der Waals surface area contributed by atoms with Crippen LogP contribution in [-0.2, 0) is 0 Å². The summed E-state index contributed by atoms with van der Waals surface area (Å²) in [4.78, 5) is 2.00. The maximum Gasteiger partial charge on any atom is 0.101 e. The molecule has 0 unspecified atom stereocenters. The lowest BCUT2D eigenvalue weighted by Crippen LogP contribution is -1.89. The molecule has 2 rings (SSSR count). The number of hydrogen-bond acceptors (Lipinski definition) is 3. The van der Waals surface area contributed by atoms with E-state index in [0.29, 0.717) is 16.3 Å². The molecule has 0 aliphatic heterocycles. The summed E-state index contributed by atoms with van der Waals surface area (Å²) in [5.74, 6) is 0. The van der Waals surface area contributed by atoms with Crippen LogP contribution in [0, 0.1) is 11.3 Å². The Bertz CT molecular complexity index is 590. The van der Waals surface area contributed by atoms with Crippen LogP contribution in [0.2, 0.25) is 5.02 Å². The van der Waals surface area contributed by atoms with E-state index < -0.39 is 0 Å². The summed E-state index contributed by atoms with van der Waals surface area (Å²) in [6.45, 7) is 0. The van der Waals surface area contributed by atoms with Crippen LogP contribution >= 0.6 is 23.4 Å². The Morgan fingerprint density at radius 3 is 2.59 bits per heavy atom. The van der Waals surface area contributed by atoms with Gasteiger partial charge in [-0.1, -0.05) is 29.4 Å². The number of benzene rings is 2. The molecular weight excluding hydrogens is 252 g/mol. The molecule has 2 N–H and O–H groups in total. The minimum Gasteiger partial charge on any atom is -0.398 e. The predicted octanol–water partition coefficient (Wildman–Crippen LogP) is 3.95. The Morgan fingerprint density at radius 1 is 1.12 bits per heavy atom. The molecule has 2 aromatic rings. The lowest BCUT2D eigenvalue weighted by atomic mass is 10.2. The number of anilines is 1. The average Bonchev–Trinajstić information content (AvgIpc) is 2.32. The smallest absolute Gasteiger partial charge is 0.101 e. The summed E-state index contributed by atoms with van der Waals surface area (Å²) in [5, 5.41) is 9.59. The molecule has 17 heavy (non-hydrogen) atoms. The number of hydrogen-bond donors (Lipinski definition) is 1. The van der Waals surface area contributed by atoms with E-state index in [9.17, 15) is 0 Å². The Labute approximate surface area is 109 Å². The van der Waals surface area contributed by atoms with Crippen molar-refractivity contribution in [2.75, 3.05) is 5.73 Å². The summed E-state index contributed by atoms with van der Waals surface area (Å²) in [6.07, 6.45) is 0. The molecule has 0 radical (unpaired) electrons. The Kier molecular flexibility index (Phi) is 3.58. The number of nitrogens with zero attached hydrogens (tertiary/aromatic N) is 1. The van der Waals surface area contributed by atoms with Gasteiger partial charge in [0.2, 0.25) is 0 Å². The second-order valence-corrected chi connectivity index (χ2v) is 5.00. The first-order valence-electron chi connectivity index (χ1n) is 4.92. The van der Waals surface area contributed by atoms with Crippen molar-refractivity contribution in [3.8, 4) is 6.07 Å². The maximum absolute atomic E-state index is 8.89. The van der Waals surface area contributed by atoms with Crippen molar-refractivity contribution >= 4 is 29.1 Å². The van der Waals surface area contributed by atoms with Gasteiger partial charge in [-0.05, 0) is 36.4 Å². The van der Waals surface area contributed by atoms with Crippen molar-refractivity contribution in [3.63, 3.8) is 0 Å². The van der Waals surface area contributed by atoms with E-state index in [1.54, 1.807) is 23.9 Å². The topological polar surface area (TPSA) is 49.8 Å². The van der Waals surface area contributed by atoms with Gasteiger partial charge in [0.15, 0.2) is 0 Å². The average molecular weight is 261 g/mol. The minimum atomic E-state index is 0.497. The summed E-state index contributed by atoms with van der Waals surface area (Å²) in [5.41, 5.74) is 6.66. The van der Waals surface area contributed by atoms with E-state index in [4.69, 9.17) is 22.6 Å². The summed E-state index contributed by atoms with van der Waals surface area (Å²) < 4.78 is 0. The van der Waals surface area contributed by atoms with E-state index in [2.05, 4.69) is 6.07 Å². The number of halogens is 1. The first-order valence-corrected chi connectivity index (χ1v) is 6.11. The quantitative estimate of drug-likeness (QED) is 0.832. The fourth-order valence-electron chi connectivity index (χ4n) is 1.36. The van der Waals surface area contributed by atoms with Crippen molar-refractivity contribution < 1.29 is 0 Å². The second kappa shape index (κ2) is 5.13. The van der Waals surface area contributed by atoms with Gasteiger partial charge < -0.3 is 5.73 Å². The molecule has 84 valence electrons. The Balaban J connectivity index is 2.28. The van der Waals surface area contributed by atoms with Crippen LogP contribution in [0.3, 0.4) is 0 Å². The van der Waals surface area contributed by atoms with Crippen molar-refractivity contribution in [1.82, 2.24) is 0 Å². The molecule has 0 heterocycles. The molecule has 0 bridgehead atoms. The van der Waals surface area contributed by atoms with E-state index in [1.807, 2.05) is 30.3 Å². The molecule has 0 aliphatic carbocycles. The summed E-state index contributed by atoms with van der Waals surface area (Å²) >= 11 is 7.46. The van der Waals surface area contributed by atoms with Gasteiger partial charge in [0.1, 0.15) is 6.07 Å². The van der Waals surface area contributed by atoms with E-state index in [1.165, 1.54) is 0 Å². The van der Waals surface area contributed by atoms with Gasteiger partial charge in [-0.15, -0.1) is 0 Å². The highest BCUT2D eigenvalue weighted by atomic mass is 35.5. The van der Waals surface area contributed by atoms with Gasteiger partial charge in [-0.25, -0.2) is 0 Å². The van der Waals surface area contributed by atoms with Crippen molar-refractivity contribution in [1.29, 1.82) is 5.26 Å². The molecule has 0 fully saturated rings. The fraction of sp³-hybridized carbons (Fsp3) is 0. The first kappa shape index (κ1) is 11.8. The van der Waals surface area contributed by atoms with Crippen LogP contribution in [0.15, 0.2) is 52.3 Å². The van der Waals surface area contributed by atoms with Gasteiger partial charge in [0.25, 0.3) is 0 Å². The standard InChI is InChI=1S/C13H9ClN2S/c14-10-2-1-3-11(7-10)17-12-4-5-13(16)9(6-12)8-15/h1-7H,16H2. The van der Waals surface area contributed by atoms with Crippen LogP contribution in [0.4, 0.5) is 5.69 Å². The number of nitriles is 1. The maximum atomic E-state index is 8.89. The zero-order valence-corrected chi connectivity index (χ0v) is 10.4. The van der Waals surface area contributed by atoms with Crippen LogP contribution in [-0.4, -0.2) is 0 Å². The molecule has 0 atom stereocenters. The SMILES string of the molecule is N#Cc1cc(Sc2cccc(Cl)c2)ccc1N. The largest absolute Gasteiger partial charge is 0.398 e. The molecule has 2 nitrogen and oxygen atoms in total. The highest BCUT2D eigenvalue weighted by molar-refractivity contribution is 7.99. The van der Waals surface area contributed by atoms with Gasteiger partial charge >= 0.3 is 0 Å². The lowest BCUT2D eigenvalue weighted by molar-refractivity contribution is 1.38. The summed E-state index contributed by atoms with van der Waals surface area (Å²) in [6, 6.07) is 15.1. The molecule has 0 aromatic heterocycles. The molecular formula is C13H9ClN2S. The monoisotopic (exact) mass is 260 g/mol. The highest BCUT2D eigenvalue weighted by Crippen LogP contribution is 2.30. The third kappa shape index (κ3) is 2.94. The van der Waals surface area contributed by atoms with Gasteiger partial charge in [-0.3, -0.25) is 0 Å². The number of rotatable bonds is 2. The minimum absolute atomic E-state index is 0.497. The van der Waals surface area contributed by atoms with Crippen LogP contribution in [0.5, 0.6) is 0 Å². The summed E-state index contributed by atoms with van der Waals surface area (Å²) in [7, 11) is 0. The van der Waals surface area contributed by atoms with Gasteiger partial charge in [-0.2, -0.15) is 5.26 Å². The third-order valence-corrected chi connectivity index (χ3v) is 3.39. The molecule has 0 saturated heterocycles. The van der Waals surface area contributed by atoms with Crippen molar-refractivity contribution in [2.24, 2.45) is 0 Å². The van der Waals surface area contributed by atoms with Crippen molar-refractivity contribution in [3.05, 3.63) is 53.1 Å². The molecule has 0 amide bonds. The third-order valence-electron chi connectivity index (χ3n) is 2.18. The second-order valence-electron chi connectivity index (χ2n) is 3.42. The van der Waals surface area contributed by atoms with E-state index in [-0.39, 0.29) is 0 Å². The van der Waals surface area contributed by atoms with Crippen molar-refractivity contribution in [2.45, 2.75) is 9.79 Å². The molecule has 2 aromatic carbocycles. The Hall–Kier alpha value is -1.63. The van der Waals surface area contributed by atoms with Crippen LogP contribution in [0.25, 0.3) is 0 Å².